The minimum atomic E-state index is -0.607. The second-order valence-electron chi connectivity index (χ2n) is 8.58. The number of hydrogen-bond donors (Lipinski definition) is 1. The second-order valence-corrected chi connectivity index (χ2v) is 9.40. The van der Waals surface area contributed by atoms with E-state index in [-0.39, 0.29) is 17.9 Å². The lowest BCUT2D eigenvalue weighted by molar-refractivity contribution is 0.0177. The Kier molecular flexibility index (Phi) is 7.12. The summed E-state index contributed by atoms with van der Waals surface area (Å²) in [5.74, 6) is -0.933. The third-order valence-electron chi connectivity index (χ3n) is 5.06. The maximum Gasteiger partial charge on any atom is 0.410 e. The Morgan fingerprint density at radius 3 is 2.39 bits per heavy atom. The topological polar surface area (TPSA) is 58.6 Å². The molecule has 0 aromatic heterocycles. The van der Waals surface area contributed by atoms with Crippen molar-refractivity contribution in [1.82, 2.24) is 10.2 Å². The van der Waals surface area contributed by atoms with E-state index in [9.17, 15) is 14.0 Å². The molecule has 0 aliphatic carbocycles. The van der Waals surface area contributed by atoms with Crippen molar-refractivity contribution >= 4 is 35.2 Å². The van der Waals surface area contributed by atoms with Crippen LogP contribution < -0.4 is 5.32 Å². The molecule has 2 atom stereocenters. The molecule has 31 heavy (non-hydrogen) atoms. The fraction of sp³-hybridized carbons (Fsp3) is 0.391. The van der Waals surface area contributed by atoms with Crippen LogP contribution >= 0.6 is 23.2 Å². The molecule has 0 bridgehead atoms. The molecule has 2 aromatic carbocycles. The largest absolute Gasteiger partial charge is 0.444 e. The molecular weight excluding hydrogens is 442 g/mol. The average Bonchev–Trinajstić information content (AvgIpc) is 2.69. The number of nitrogens with zero attached hydrogens (tertiary/aromatic N) is 1. The summed E-state index contributed by atoms with van der Waals surface area (Å²) < 4.78 is 18.7. The van der Waals surface area contributed by atoms with E-state index in [4.69, 9.17) is 27.9 Å². The zero-order valence-corrected chi connectivity index (χ0v) is 19.1. The van der Waals surface area contributed by atoms with Crippen LogP contribution in [0, 0.1) is 5.82 Å². The Labute approximate surface area is 191 Å². The average molecular weight is 467 g/mol. The van der Waals surface area contributed by atoms with Gasteiger partial charge in [-0.3, -0.25) is 4.79 Å². The molecular formula is C23H25Cl2FN2O3. The molecule has 1 aliphatic heterocycles. The van der Waals surface area contributed by atoms with Crippen molar-refractivity contribution in [2.45, 2.75) is 44.8 Å². The Morgan fingerprint density at radius 1 is 1.10 bits per heavy atom. The molecule has 2 unspecified atom stereocenters. The van der Waals surface area contributed by atoms with E-state index < -0.39 is 17.5 Å². The first-order valence-electron chi connectivity index (χ1n) is 10.0. The molecule has 166 valence electrons. The molecule has 2 amide bonds. The molecule has 1 N–H and O–H groups in total. The maximum absolute atomic E-state index is 13.2. The van der Waals surface area contributed by atoms with Crippen molar-refractivity contribution in [1.29, 1.82) is 0 Å². The highest BCUT2D eigenvalue weighted by Gasteiger charge is 2.35. The minimum Gasteiger partial charge on any atom is -0.444 e. The summed E-state index contributed by atoms with van der Waals surface area (Å²) in [5, 5.41) is 3.86. The van der Waals surface area contributed by atoms with Crippen molar-refractivity contribution in [3.8, 4) is 0 Å². The molecule has 3 rings (SSSR count). The van der Waals surface area contributed by atoms with Gasteiger partial charge in [0.1, 0.15) is 11.4 Å². The standard InChI is InChI=1S/C23H25Cl2FN2O3/c1-23(2,3)31-22(30)28-11-10-20(27-21(29)14-4-7-16(26)8-5-14)17(13-28)15-6-9-18(24)19(25)12-15/h4-9,12,17,20H,10-11,13H2,1-3H3,(H,27,29). The molecule has 8 heteroatoms. The molecule has 5 nitrogen and oxygen atoms in total. The number of halogens is 3. The van der Waals surface area contributed by atoms with Gasteiger partial charge in [-0.2, -0.15) is 0 Å². The third kappa shape index (κ3) is 6.11. The van der Waals surface area contributed by atoms with Crippen molar-refractivity contribution in [2.24, 2.45) is 0 Å². The van der Waals surface area contributed by atoms with Crippen LogP contribution in [0.15, 0.2) is 42.5 Å². The van der Waals surface area contributed by atoms with E-state index in [1.165, 1.54) is 24.3 Å². The molecule has 1 fully saturated rings. The van der Waals surface area contributed by atoms with Crippen LogP contribution in [0.2, 0.25) is 10.0 Å². The fourth-order valence-corrected chi connectivity index (χ4v) is 3.86. The van der Waals surface area contributed by atoms with E-state index in [0.29, 0.717) is 35.1 Å². The molecule has 0 saturated carbocycles. The van der Waals surface area contributed by atoms with Crippen LogP contribution in [-0.4, -0.2) is 41.6 Å². The number of likely N-dealkylation sites (tertiary alicyclic amines) is 1. The number of piperidine rings is 1. The van der Waals surface area contributed by atoms with Gasteiger partial charge in [-0.25, -0.2) is 9.18 Å². The number of nitrogens with one attached hydrogen (secondary N) is 1. The van der Waals surface area contributed by atoms with Gasteiger partial charge in [0.05, 0.1) is 10.0 Å². The van der Waals surface area contributed by atoms with Crippen LogP contribution in [0.25, 0.3) is 0 Å². The number of carbonyl (C=O) groups is 2. The van der Waals surface area contributed by atoms with E-state index in [1.54, 1.807) is 17.0 Å². The first-order chi connectivity index (χ1) is 14.5. The van der Waals surface area contributed by atoms with Gasteiger partial charge >= 0.3 is 6.09 Å². The summed E-state index contributed by atoms with van der Waals surface area (Å²) in [4.78, 5) is 27.0. The SMILES string of the molecule is CC(C)(C)OC(=O)N1CCC(NC(=O)c2ccc(F)cc2)C(c2ccc(Cl)c(Cl)c2)C1. The predicted molar refractivity (Wildman–Crippen MR) is 119 cm³/mol. The summed E-state index contributed by atoms with van der Waals surface area (Å²) in [6, 6.07) is 10.4. The lowest BCUT2D eigenvalue weighted by atomic mass is 9.86. The number of carbonyl (C=O) groups excluding carboxylic acids is 2. The van der Waals surface area contributed by atoms with E-state index in [2.05, 4.69) is 5.32 Å². The highest BCUT2D eigenvalue weighted by molar-refractivity contribution is 6.42. The first kappa shape index (κ1) is 23.4. The lowest BCUT2D eigenvalue weighted by Gasteiger charge is -2.39. The maximum atomic E-state index is 13.2. The Morgan fingerprint density at radius 2 is 1.77 bits per heavy atom. The van der Waals surface area contributed by atoms with Crippen LogP contribution in [-0.2, 0) is 4.74 Å². The van der Waals surface area contributed by atoms with Gasteiger partial charge in [0.2, 0.25) is 0 Å². The van der Waals surface area contributed by atoms with Crippen LogP contribution in [0.3, 0.4) is 0 Å². The van der Waals surface area contributed by atoms with Crippen LogP contribution in [0.1, 0.15) is 49.0 Å². The zero-order valence-electron chi connectivity index (χ0n) is 17.6. The summed E-state index contributed by atoms with van der Waals surface area (Å²) >= 11 is 12.3. The highest BCUT2D eigenvalue weighted by Crippen LogP contribution is 2.32. The number of ether oxygens (including phenoxy) is 1. The number of rotatable bonds is 3. The Bertz CT molecular complexity index is 960. The fourth-order valence-electron chi connectivity index (χ4n) is 3.55. The molecule has 2 aromatic rings. The van der Waals surface area contributed by atoms with E-state index >= 15 is 0 Å². The summed E-state index contributed by atoms with van der Waals surface area (Å²) in [6.07, 6.45) is 0.123. The van der Waals surface area contributed by atoms with Gasteiger partial charge in [-0.05, 0) is 69.2 Å². The highest BCUT2D eigenvalue weighted by atomic mass is 35.5. The van der Waals surface area contributed by atoms with E-state index in [1.807, 2.05) is 26.8 Å². The van der Waals surface area contributed by atoms with Gasteiger partial charge in [0.25, 0.3) is 5.91 Å². The quantitative estimate of drug-likeness (QED) is 0.634. The summed E-state index contributed by atoms with van der Waals surface area (Å²) in [6.45, 7) is 6.23. The summed E-state index contributed by atoms with van der Waals surface area (Å²) in [7, 11) is 0. The Balaban J connectivity index is 1.83. The lowest BCUT2D eigenvalue weighted by Crippen LogP contribution is -2.52. The molecule has 0 spiro atoms. The predicted octanol–water partition coefficient (Wildman–Crippen LogP) is 5.66. The molecule has 1 heterocycles. The van der Waals surface area contributed by atoms with Gasteiger partial charge in [-0.1, -0.05) is 29.3 Å². The summed E-state index contributed by atoms with van der Waals surface area (Å²) in [5.41, 5.74) is 0.611. The number of hydrogen-bond acceptors (Lipinski definition) is 3. The Hall–Kier alpha value is -2.31. The number of benzene rings is 2. The monoisotopic (exact) mass is 466 g/mol. The zero-order chi connectivity index (χ0) is 22.8. The molecule has 1 aliphatic rings. The van der Waals surface area contributed by atoms with Crippen molar-refractivity contribution in [2.75, 3.05) is 13.1 Å². The van der Waals surface area contributed by atoms with Crippen LogP contribution in [0.4, 0.5) is 9.18 Å². The van der Waals surface area contributed by atoms with Crippen molar-refractivity contribution in [3.63, 3.8) is 0 Å². The van der Waals surface area contributed by atoms with Crippen molar-refractivity contribution in [3.05, 3.63) is 69.5 Å². The normalized spacial score (nSPS) is 19.1. The number of amides is 2. The minimum absolute atomic E-state index is 0.222. The van der Waals surface area contributed by atoms with E-state index in [0.717, 1.165) is 5.56 Å². The van der Waals surface area contributed by atoms with Gasteiger partial charge < -0.3 is 15.0 Å². The van der Waals surface area contributed by atoms with Gasteiger partial charge in [-0.15, -0.1) is 0 Å². The van der Waals surface area contributed by atoms with Crippen molar-refractivity contribution < 1.29 is 18.7 Å². The second kappa shape index (κ2) is 9.45. The molecule has 0 radical (unpaired) electrons. The first-order valence-corrected chi connectivity index (χ1v) is 10.8. The third-order valence-corrected chi connectivity index (χ3v) is 5.80. The van der Waals surface area contributed by atoms with Gasteiger partial charge in [0.15, 0.2) is 0 Å². The van der Waals surface area contributed by atoms with Gasteiger partial charge in [0, 0.05) is 30.6 Å². The smallest absolute Gasteiger partial charge is 0.410 e. The van der Waals surface area contributed by atoms with Crippen LogP contribution in [0.5, 0.6) is 0 Å². The molecule has 1 saturated heterocycles.